The Morgan fingerprint density at radius 3 is 2.46 bits per heavy atom. The minimum absolute atomic E-state index is 0.0263. The van der Waals surface area contributed by atoms with Crippen LogP contribution in [0.15, 0.2) is 36.8 Å². The van der Waals surface area contributed by atoms with Gasteiger partial charge in [-0.15, -0.1) is 11.3 Å². The number of hydrogen-bond acceptors (Lipinski definition) is 11. The highest BCUT2D eigenvalue weighted by Crippen LogP contribution is 2.43. The standard InChI is InChI=1S/C26H26F3N7O4S/c1-40-25-33-10-14(11-34-25)13-2-3-17(32-9-13)18(37)12-31-15-4-6-36(7-5-15)19-8-16(26(27,28)29)20-21(30)22(24(38)39)41-23(20)35-19/h2-3,8-11,15,18,31,37H,4-7,12,30H2,1H3,(H,38,39). The number of carboxylic acid groups (broad SMARTS) is 1. The van der Waals surface area contributed by atoms with E-state index in [1.54, 1.807) is 29.6 Å². The van der Waals surface area contributed by atoms with Gasteiger partial charge in [0, 0.05) is 60.8 Å². The molecule has 1 fully saturated rings. The second-order valence-electron chi connectivity index (χ2n) is 9.47. The first kappa shape index (κ1) is 28.4. The number of aromatic nitrogens is 4. The summed E-state index contributed by atoms with van der Waals surface area (Å²) >= 11 is 0.632. The normalized spacial score (nSPS) is 15.3. The number of aliphatic hydroxyl groups excluding tert-OH is 1. The molecule has 0 aliphatic carbocycles. The Kier molecular flexibility index (Phi) is 7.93. The largest absolute Gasteiger partial charge is 0.477 e. The van der Waals surface area contributed by atoms with Gasteiger partial charge >= 0.3 is 18.2 Å². The monoisotopic (exact) mass is 589 g/mol. The summed E-state index contributed by atoms with van der Waals surface area (Å²) in [5.41, 5.74) is 6.36. The van der Waals surface area contributed by atoms with Crippen LogP contribution in [0.5, 0.6) is 6.01 Å². The Hall–Kier alpha value is -4.08. The number of halogens is 3. The zero-order valence-corrected chi connectivity index (χ0v) is 22.5. The quantitative estimate of drug-likeness (QED) is 0.237. The molecule has 1 aliphatic heterocycles. The molecule has 0 radical (unpaired) electrons. The van der Waals surface area contributed by atoms with Crippen LogP contribution >= 0.6 is 11.3 Å². The maximum atomic E-state index is 13.9. The van der Waals surface area contributed by atoms with E-state index in [1.165, 1.54) is 7.11 Å². The Bertz CT molecular complexity index is 1540. The molecule has 0 spiro atoms. The predicted molar refractivity (Wildman–Crippen MR) is 146 cm³/mol. The van der Waals surface area contributed by atoms with Gasteiger partial charge in [0.05, 0.1) is 24.1 Å². The molecule has 5 N–H and O–H groups in total. The average molecular weight is 590 g/mol. The molecule has 0 bridgehead atoms. The number of nitrogens with zero attached hydrogens (tertiary/aromatic N) is 5. The van der Waals surface area contributed by atoms with Gasteiger partial charge in [0.25, 0.3) is 0 Å². The number of anilines is 2. The van der Waals surface area contributed by atoms with E-state index in [4.69, 9.17) is 10.5 Å². The lowest BCUT2D eigenvalue weighted by Gasteiger charge is -2.34. The van der Waals surface area contributed by atoms with E-state index in [0.717, 1.165) is 17.2 Å². The van der Waals surface area contributed by atoms with Crippen LogP contribution in [0.3, 0.4) is 0 Å². The number of aromatic carboxylic acids is 1. The fraction of sp³-hybridized carbons (Fsp3) is 0.346. The minimum Gasteiger partial charge on any atom is -0.477 e. The smallest absolute Gasteiger partial charge is 0.417 e. The number of piperidine rings is 1. The topological polar surface area (TPSA) is 160 Å². The Morgan fingerprint density at radius 1 is 1.20 bits per heavy atom. The molecule has 1 saturated heterocycles. The molecular formula is C26H26F3N7O4S. The van der Waals surface area contributed by atoms with E-state index < -0.39 is 29.5 Å². The number of carbonyl (C=O) groups is 1. The molecule has 216 valence electrons. The molecule has 0 amide bonds. The first-order chi connectivity index (χ1) is 19.5. The number of ether oxygens (including phenoxy) is 1. The molecule has 5 rings (SSSR count). The van der Waals surface area contributed by atoms with Crippen LogP contribution in [0, 0.1) is 0 Å². The lowest BCUT2D eigenvalue weighted by molar-refractivity contribution is -0.136. The first-order valence-electron chi connectivity index (χ1n) is 12.6. The number of thiophene rings is 1. The minimum atomic E-state index is -4.73. The van der Waals surface area contributed by atoms with E-state index >= 15 is 0 Å². The zero-order valence-electron chi connectivity index (χ0n) is 21.7. The molecule has 11 nitrogen and oxygen atoms in total. The third-order valence-corrected chi connectivity index (χ3v) is 7.96. The van der Waals surface area contributed by atoms with Crippen molar-refractivity contribution in [3.63, 3.8) is 0 Å². The highest BCUT2D eigenvalue weighted by Gasteiger charge is 2.37. The molecule has 5 heterocycles. The summed E-state index contributed by atoms with van der Waals surface area (Å²) in [6.07, 6.45) is 0.476. The van der Waals surface area contributed by atoms with Crippen molar-refractivity contribution in [3.05, 3.63) is 52.9 Å². The molecule has 0 aromatic carbocycles. The fourth-order valence-electron chi connectivity index (χ4n) is 4.69. The summed E-state index contributed by atoms with van der Waals surface area (Å²) < 4.78 is 46.6. The number of rotatable bonds is 8. The van der Waals surface area contributed by atoms with Crippen LogP contribution in [0.4, 0.5) is 24.7 Å². The molecule has 1 unspecified atom stereocenters. The predicted octanol–water partition coefficient (Wildman–Crippen LogP) is 3.75. The lowest BCUT2D eigenvalue weighted by atomic mass is 10.0. The number of carboxylic acids is 1. The second kappa shape index (κ2) is 11.4. The van der Waals surface area contributed by atoms with Crippen molar-refractivity contribution in [2.45, 2.75) is 31.2 Å². The highest BCUT2D eigenvalue weighted by atomic mass is 32.1. The van der Waals surface area contributed by atoms with Crippen LogP contribution in [0.1, 0.15) is 39.9 Å². The van der Waals surface area contributed by atoms with Crippen LogP contribution in [-0.4, -0.2) is 68.9 Å². The van der Waals surface area contributed by atoms with Crippen LogP contribution in [-0.2, 0) is 6.18 Å². The fourth-order valence-corrected chi connectivity index (χ4v) is 5.65. The van der Waals surface area contributed by atoms with E-state index in [9.17, 15) is 28.2 Å². The molecular weight excluding hydrogens is 563 g/mol. The van der Waals surface area contributed by atoms with Gasteiger partial charge in [-0.1, -0.05) is 6.07 Å². The Labute approximate surface area is 235 Å². The van der Waals surface area contributed by atoms with Gasteiger partial charge in [-0.3, -0.25) is 4.98 Å². The summed E-state index contributed by atoms with van der Waals surface area (Å²) in [7, 11) is 1.48. The molecule has 0 saturated carbocycles. The van der Waals surface area contributed by atoms with Gasteiger partial charge in [0.15, 0.2) is 0 Å². The van der Waals surface area contributed by atoms with Crippen molar-refractivity contribution in [1.82, 2.24) is 25.3 Å². The molecule has 15 heteroatoms. The van der Waals surface area contributed by atoms with E-state index in [0.29, 0.717) is 43.0 Å². The van der Waals surface area contributed by atoms with Gasteiger partial charge in [-0.25, -0.2) is 19.7 Å². The third kappa shape index (κ3) is 6.01. The van der Waals surface area contributed by atoms with E-state index in [1.807, 2.05) is 6.07 Å². The number of nitrogens with one attached hydrogen (secondary N) is 1. The Morgan fingerprint density at radius 2 is 1.88 bits per heavy atom. The van der Waals surface area contributed by atoms with Crippen LogP contribution in [0.25, 0.3) is 21.3 Å². The van der Waals surface area contributed by atoms with E-state index in [2.05, 4.69) is 25.3 Å². The van der Waals surface area contributed by atoms with Crippen molar-refractivity contribution in [2.75, 3.05) is 37.4 Å². The number of methoxy groups -OCH3 is 1. The van der Waals surface area contributed by atoms with Crippen LogP contribution in [0.2, 0.25) is 0 Å². The maximum Gasteiger partial charge on any atom is 0.417 e. The average Bonchev–Trinajstić information content (AvgIpc) is 3.31. The van der Waals surface area contributed by atoms with Gasteiger partial charge in [0.2, 0.25) is 0 Å². The molecule has 4 aromatic heterocycles. The third-order valence-electron chi connectivity index (χ3n) is 6.88. The summed E-state index contributed by atoms with van der Waals surface area (Å²) in [4.78, 5) is 29.6. The number of nitrogen functional groups attached to an aromatic ring is 1. The van der Waals surface area contributed by atoms with Crippen molar-refractivity contribution in [3.8, 4) is 17.1 Å². The van der Waals surface area contributed by atoms with Crippen molar-refractivity contribution >= 4 is 39.0 Å². The second-order valence-corrected chi connectivity index (χ2v) is 10.5. The molecule has 4 aromatic rings. The summed E-state index contributed by atoms with van der Waals surface area (Å²) in [6, 6.07) is 4.76. The summed E-state index contributed by atoms with van der Waals surface area (Å²) in [5.74, 6) is -1.28. The number of fused-ring (bicyclic) bond motifs is 1. The SMILES string of the molecule is COc1ncc(-c2ccc(C(O)CNC3CCN(c4cc(C(F)(F)F)c5c(N)c(C(=O)O)sc5n4)CC3)nc2)cn1. The summed E-state index contributed by atoms with van der Waals surface area (Å²) in [6.45, 7) is 1.09. The number of aliphatic hydroxyl groups is 1. The lowest BCUT2D eigenvalue weighted by Crippen LogP contribution is -2.44. The molecule has 1 aliphatic rings. The van der Waals surface area contributed by atoms with Gasteiger partial charge in [-0.2, -0.15) is 13.2 Å². The Balaban J connectivity index is 1.20. The zero-order chi connectivity index (χ0) is 29.3. The maximum absolute atomic E-state index is 13.9. The van der Waals surface area contributed by atoms with Crippen molar-refractivity contribution in [2.24, 2.45) is 0 Å². The van der Waals surface area contributed by atoms with Gasteiger partial charge in [0.1, 0.15) is 21.6 Å². The number of pyridine rings is 2. The number of hydrogen-bond donors (Lipinski definition) is 4. The van der Waals surface area contributed by atoms with Crippen molar-refractivity contribution < 1.29 is 32.9 Å². The van der Waals surface area contributed by atoms with Gasteiger partial charge < -0.3 is 30.9 Å². The molecule has 1 atom stereocenters. The first-order valence-corrected chi connectivity index (χ1v) is 13.4. The number of nitrogens with two attached hydrogens (primary N) is 1. The summed E-state index contributed by atoms with van der Waals surface area (Å²) in [5, 5.41) is 22.9. The molecule has 41 heavy (non-hydrogen) atoms. The van der Waals surface area contributed by atoms with E-state index in [-0.39, 0.29) is 39.5 Å². The van der Waals surface area contributed by atoms with Crippen LogP contribution < -0.4 is 20.7 Å². The number of alkyl halides is 3. The van der Waals surface area contributed by atoms with Crippen molar-refractivity contribution in [1.29, 1.82) is 0 Å². The van der Waals surface area contributed by atoms with Gasteiger partial charge in [-0.05, 0) is 25.0 Å². The highest BCUT2D eigenvalue weighted by molar-refractivity contribution is 7.21.